The van der Waals surface area contributed by atoms with Crippen LogP contribution in [0.15, 0.2) is 24.3 Å². The Labute approximate surface area is 146 Å². The van der Waals surface area contributed by atoms with Crippen molar-refractivity contribution in [3.63, 3.8) is 0 Å². The monoisotopic (exact) mass is 360 g/mol. The molecule has 0 radical (unpaired) electrons. The van der Waals surface area contributed by atoms with Crippen LogP contribution in [-0.2, 0) is 11.2 Å². The molecule has 1 saturated heterocycles. The minimum absolute atomic E-state index is 0.171. The standard InChI is InChI=1S/C16H23F2N3O2S/c17-15(18)23-14-3-1-13(2-4-14)5-6-19-16(24)20-7-8-21-9-11-22-12-10-21/h1-4,15H,5-12H2,(H2,19,20,24)/p+1. The van der Waals surface area contributed by atoms with E-state index < -0.39 is 6.61 Å². The molecule has 0 spiro atoms. The number of morpholine rings is 1. The van der Waals surface area contributed by atoms with Crippen LogP contribution in [-0.4, -0.2) is 57.7 Å². The van der Waals surface area contributed by atoms with E-state index in [0.717, 1.165) is 51.4 Å². The van der Waals surface area contributed by atoms with Crippen molar-refractivity contribution in [2.24, 2.45) is 0 Å². The summed E-state index contributed by atoms with van der Waals surface area (Å²) < 4.78 is 33.8. The van der Waals surface area contributed by atoms with E-state index in [-0.39, 0.29) is 5.75 Å². The van der Waals surface area contributed by atoms with E-state index >= 15 is 0 Å². The average molecular weight is 360 g/mol. The summed E-state index contributed by atoms with van der Waals surface area (Å²) in [6.07, 6.45) is 0.755. The summed E-state index contributed by atoms with van der Waals surface area (Å²) in [4.78, 5) is 1.53. The number of halogens is 2. The smallest absolute Gasteiger partial charge is 0.387 e. The molecule has 0 saturated carbocycles. The SMILES string of the molecule is FC(F)Oc1ccc(CCNC(=S)NCC[NH+]2CCOCC2)cc1. The summed E-state index contributed by atoms with van der Waals surface area (Å²) in [7, 11) is 0. The van der Waals surface area contributed by atoms with E-state index in [0.29, 0.717) is 11.7 Å². The topological polar surface area (TPSA) is 47.0 Å². The molecule has 1 heterocycles. The molecule has 1 aromatic carbocycles. The molecular weight excluding hydrogens is 336 g/mol. The summed E-state index contributed by atoms with van der Waals surface area (Å²) in [5.41, 5.74) is 1.03. The lowest BCUT2D eigenvalue weighted by Gasteiger charge is -2.24. The van der Waals surface area contributed by atoms with E-state index in [2.05, 4.69) is 15.4 Å². The van der Waals surface area contributed by atoms with Gasteiger partial charge in [-0.3, -0.25) is 0 Å². The molecule has 0 bridgehead atoms. The molecule has 1 aliphatic rings. The largest absolute Gasteiger partial charge is 0.435 e. The van der Waals surface area contributed by atoms with Crippen LogP contribution in [0.3, 0.4) is 0 Å². The minimum Gasteiger partial charge on any atom is -0.435 e. The summed E-state index contributed by atoms with van der Waals surface area (Å²) >= 11 is 5.24. The maximum atomic E-state index is 12.1. The highest BCUT2D eigenvalue weighted by Crippen LogP contribution is 2.14. The van der Waals surface area contributed by atoms with Crippen LogP contribution in [0.2, 0.25) is 0 Å². The Bertz CT molecular complexity index is 497. The Hall–Kier alpha value is -1.51. The quantitative estimate of drug-likeness (QED) is 0.579. The predicted molar refractivity (Wildman–Crippen MR) is 91.8 cm³/mol. The van der Waals surface area contributed by atoms with Gasteiger partial charge in [0.2, 0.25) is 0 Å². The molecular formula is C16H24F2N3O2S+. The molecule has 0 unspecified atom stereocenters. The van der Waals surface area contributed by atoms with Crippen molar-refractivity contribution in [1.82, 2.24) is 10.6 Å². The molecule has 1 aliphatic heterocycles. The van der Waals surface area contributed by atoms with Crippen molar-refractivity contribution < 1.29 is 23.2 Å². The number of alkyl halides is 2. The second-order valence-corrected chi connectivity index (χ2v) is 5.98. The van der Waals surface area contributed by atoms with Gasteiger partial charge in [-0.05, 0) is 36.3 Å². The van der Waals surface area contributed by atoms with E-state index in [1.165, 1.54) is 4.90 Å². The zero-order valence-corrected chi connectivity index (χ0v) is 14.3. The molecule has 134 valence electrons. The molecule has 3 N–H and O–H groups in total. The maximum absolute atomic E-state index is 12.1. The fourth-order valence-corrected chi connectivity index (χ4v) is 2.69. The highest BCUT2D eigenvalue weighted by molar-refractivity contribution is 7.80. The molecule has 1 fully saturated rings. The van der Waals surface area contributed by atoms with Crippen LogP contribution < -0.4 is 20.3 Å². The first-order valence-electron chi connectivity index (χ1n) is 8.10. The van der Waals surface area contributed by atoms with Gasteiger partial charge in [-0.25, -0.2) is 0 Å². The number of thiocarbonyl (C=S) groups is 1. The molecule has 1 aromatic rings. The van der Waals surface area contributed by atoms with Crippen LogP contribution in [0, 0.1) is 0 Å². The number of ether oxygens (including phenoxy) is 2. The van der Waals surface area contributed by atoms with Gasteiger partial charge in [-0.2, -0.15) is 8.78 Å². The van der Waals surface area contributed by atoms with E-state index in [1.54, 1.807) is 24.3 Å². The predicted octanol–water partition coefficient (Wildman–Crippen LogP) is 0.210. The minimum atomic E-state index is -2.79. The number of hydrogen-bond acceptors (Lipinski definition) is 3. The van der Waals surface area contributed by atoms with Gasteiger partial charge < -0.3 is 25.0 Å². The van der Waals surface area contributed by atoms with Crippen molar-refractivity contribution >= 4 is 17.3 Å². The van der Waals surface area contributed by atoms with Crippen LogP contribution in [0.25, 0.3) is 0 Å². The summed E-state index contributed by atoms with van der Waals surface area (Å²) in [6, 6.07) is 6.64. The van der Waals surface area contributed by atoms with E-state index in [9.17, 15) is 8.78 Å². The van der Waals surface area contributed by atoms with Crippen molar-refractivity contribution in [2.45, 2.75) is 13.0 Å². The van der Waals surface area contributed by atoms with Crippen molar-refractivity contribution in [2.75, 3.05) is 45.9 Å². The van der Waals surface area contributed by atoms with E-state index in [4.69, 9.17) is 17.0 Å². The number of quaternary nitrogens is 1. The first kappa shape index (κ1) is 18.8. The van der Waals surface area contributed by atoms with Gasteiger partial charge in [0.15, 0.2) is 5.11 Å². The molecule has 0 aromatic heterocycles. The lowest BCUT2D eigenvalue weighted by atomic mass is 10.1. The number of rotatable bonds is 8. The lowest BCUT2D eigenvalue weighted by Crippen LogP contribution is -3.14. The second-order valence-electron chi connectivity index (χ2n) is 5.57. The van der Waals surface area contributed by atoms with E-state index in [1.807, 2.05) is 0 Å². The average Bonchev–Trinajstić information content (AvgIpc) is 2.57. The van der Waals surface area contributed by atoms with Crippen LogP contribution >= 0.6 is 12.2 Å². The molecule has 5 nitrogen and oxygen atoms in total. The molecule has 8 heteroatoms. The second kappa shape index (κ2) is 10.4. The Morgan fingerprint density at radius 3 is 2.50 bits per heavy atom. The Balaban J connectivity index is 1.56. The van der Waals surface area contributed by atoms with Crippen LogP contribution in [0.5, 0.6) is 5.75 Å². The van der Waals surface area contributed by atoms with Gasteiger partial charge >= 0.3 is 6.61 Å². The molecule has 0 atom stereocenters. The third kappa shape index (κ3) is 7.37. The first-order chi connectivity index (χ1) is 11.6. The third-order valence-corrected chi connectivity index (χ3v) is 4.10. The van der Waals surface area contributed by atoms with Gasteiger partial charge in [-0.15, -0.1) is 0 Å². The normalized spacial score (nSPS) is 15.3. The first-order valence-corrected chi connectivity index (χ1v) is 8.51. The summed E-state index contributed by atoms with van der Waals surface area (Å²) in [5, 5.41) is 6.99. The van der Waals surface area contributed by atoms with Crippen LogP contribution in [0.4, 0.5) is 8.78 Å². The van der Waals surface area contributed by atoms with Crippen LogP contribution in [0.1, 0.15) is 5.56 Å². The van der Waals surface area contributed by atoms with Gasteiger partial charge in [0.1, 0.15) is 18.8 Å². The third-order valence-electron chi connectivity index (χ3n) is 3.81. The maximum Gasteiger partial charge on any atom is 0.387 e. The zero-order chi connectivity index (χ0) is 17.2. The zero-order valence-electron chi connectivity index (χ0n) is 13.5. The van der Waals surface area contributed by atoms with Crippen molar-refractivity contribution in [3.05, 3.63) is 29.8 Å². The fraction of sp³-hybridized carbons (Fsp3) is 0.562. The molecule has 24 heavy (non-hydrogen) atoms. The highest BCUT2D eigenvalue weighted by atomic mass is 32.1. The number of benzene rings is 1. The molecule has 0 aliphatic carbocycles. The number of hydrogen-bond donors (Lipinski definition) is 3. The Kier molecular flexibility index (Phi) is 8.14. The van der Waals surface area contributed by atoms with Gasteiger partial charge in [0, 0.05) is 6.54 Å². The van der Waals surface area contributed by atoms with Crippen molar-refractivity contribution in [3.8, 4) is 5.75 Å². The van der Waals surface area contributed by atoms with Gasteiger partial charge in [0.05, 0.1) is 26.3 Å². The Morgan fingerprint density at radius 1 is 1.17 bits per heavy atom. The lowest BCUT2D eigenvalue weighted by molar-refractivity contribution is -0.906. The van der Waals surface area contributed by atoms with Crippen molar-refractivity contribution in [1.29, 1.82) is 0 Å². The summed E-state index contributed by atoms with van der Waals surface area (Å²) in [5.74, 6) is 0.171. The fourth-order valence-electron chi connectivity index (χ4n) is 2.48. The molecule has 0 amide bonds. The van der Waals surface area contributed by atoms with Gasteiger partial charge in [-0.1, -0.05) is 12.1 Å². The Morgan fingerprint density at radius 2 is 1.83 bits per heavy atom. The number of nitrogens with one attached hydrogen (secondary N) is 3. The van der Waals surface area contributed by atoms with Gasteiger partial charge in [0.25, 0.3) is 0 Å². The molecule has 2 rings (SSSR count). The highest BCUT2D eigenvalue weighted by Gasteiger charge is 2.12. The summed E-state index contributed by atoms with van der Waals surface area (Å²) in [6.45, 7) is 3.52.